The first-order chi connectivity index (χ1) is 15.1. The van der Waals surface area contributed by atoms with Gasteiger partial charge in [-0.15, -0.1) is 11.3 Å². The molecule has 0 radical (unpaired) electrons. The maximum absolute atomic E-state index is 2.47. The maximum Gasteiger partial charge on any atom is 0.109 e. The fourth-order valence-electron chi connectivity index (χ4n) is 5.53. The van der Waals surface area contributed by atoms with Crippen molar-refractivity contribution >= 4 is 42.5 Å². The Kier molecular flexibility index (Phi) is 3.28. The van der Waals surface area contributed by atoms with Crippen molar-refractivity contribution in [3.05, 3.63) is 102 Å². The quantitative estimate of drug-likeness (QED) is 0.254. The number of para-hydroxylation sites is 1. The molecule has 2 heteroatoms. The second kappa shape index (κ2) is 5.87. The minimum absolute atomic E-state index is 0.00414. The number of nitrogens with zero attached hydrogens (tertiary/aromatic N) is 1. The molecule has 0 amide bonds. The molecule has 1 aliphatic rings. The minimum atomic E-state index is 0.00414. The lowest BCUT2D eigenvalue weighted by molar-refractivity contribution is 0.660. The second-order valence-electron chi connectivity index (χ2n) is 9.03. The third-order valence-corrected chi connectivity index (χ3v) is 8.18. The summed E-state index contributed by atoms with van der Waals surface area (Å²) >= 11 is 1.89. The first-order valence-corrected chi connectivity index (χ1v) is 11.6. The summed E-state index contributed by atoms with van der Waals surface area (Å²) < 4.78 is 3.81. The van der Waals surface area contributed by atoms with Crippen LogP contribution < -0.4 is 0 Å². The summed E-state index contributed by atoms with van der Waals surface area (Å²) in [5.74, 6) is 0. The smallest absolute Gasteiger partial charge is 0.109 e. The van der Waals surface area contributed by atoms with E-state index in [2.05, 4.69) is 109 Å². The van der Waals surface area contributed by atoms with Crippen LogP contribution in [0.5, 0.6) is 0 Å². The number of hydrogen-bond donors (Lipinski definition) is 0. The average molecular weight is 416 g/mol. The molecular weight excluding hydrogens is 394 g/mol. The zero-order valence-corrected chi connectivity index (χ0v) is 18.3. The van der Waals surface area contributed by atoms with Crippen molar-refractivity contribution in [2.24, 2.45) is 0 Å². The molecule has 0 saturated heterocycles. The zero-order valence-electron chi connectivity index (χ0n) is 17.5. The van der Waals surface area contributed by atoms with Gasteiger partial charge in [-0.25, -0.2) is 0 Å². The first-order valence-electron chi connectivity index (χ1n) is 10.8. The van der Waals surface area contributed by atoms with Crippen molar-refractivity contribution in [2.75, 3.05) is 0 Å². The van der Waals surface area contributed by atoms with E-state index in [1.165, 1.54) is 59.1 Å². The Hall–Kier alpha value is -3.36. The molecule has 0 atom stereocenters. The van der Waals surface area contributed by atoms with Gasteiger partial charge in [-0.05, 0) is 46.5 Å². The van der Waals surface area contributed by atoms with Gasteiger partial charge in [-0.1, -0.05) is 80.6 Å². The van der Waals surface area contributed by atoms with E-state index < -0.39 is 0 Å². The van der Waals surface area contributed by atoms with E-state index in [9.17, 15) is 0 Å². The van der Waals surface area contributed by atoms with Crippen molar-refractivity contribution in [3.63, 3.8) is 0 Å². The number of hydrogen-bond acceptors (Lipinski definition) is 1. The van der Waals surface area contributed by atoms with Gasteiger partial charge in [0.05, 0.1) is 5.52 Å². The topological polar surface area (TPSA) is 4.93 Å². The van der Waals surface area contributed by atoms with Gasteiger partial charge in [-0.3, -0.25) is 0 Å². The number of aromatic nitrogens is 1. The van der Waals surface area contributed by atoms with Gasteiger partial charge in [0, 0.05) is 32.0 Å². The molecule has 7 rings (SSSR count). The molecular formula is C29H21NS. The van der Waals surface area contributed by atoms with E-state index in [0.717, 1.165) is 0 Å². The van der Waals surface area contributed by atoms with E-state index in [-0.39, 0.29) is 5.41 Å². The summed E-state index contributed by atoms with van der Waals surface area (Å²) in [5.41, 5.74) is 8.11. The highest BCUT2D eigenvalue weighted by atomic mass is 32.1. The van der Waals surface area contributed by atoms with Gasteiger partial charge in [0.1, 0.15) is 4.83 Å². The number of rotatable bonds is 1. The molecule has 31 heavy (non-hydrogen) atoms. The summed E-state index contributed by atoms with van der Waals surface area (Å²) in [6.07, 6.45) is 0. The molecule has 0 spiro atoms. The van der Waals surface area contributed by atoms with Gasteiger partial charge in [0.2, 0.25) is 0 Å². The summed E-state index contributed by atoms with van der Waals surface area (Å²) in [6, 6.07) is 33.5. The van der Waals surface area contributed by atoms with Gasteiger partial charge < -0.3 is 4.57 Å². The van der Waals surface area contributed by atoms with Gasteiger partial charge in [-0.2, -0.15) is 0 Å². The lowest BCUT2D eigenvalue weighted by Crippen LogP contribution is -2.15. The number of fused-ring (bicyclic) bond motifs is 8. The normalized spacial score (nSPS) is 14.4. The van der Waals surface area contributed by atoms with Crippen LogP contribution in [0.15, 0.2) is 91.0 Å². The molecule has 148 valence electrons. The Balaban J connectivity index is 1.58. The molecule has 0 unspecified atom stereocenters. The predicted molar refractivity (Wildman–Crippen MR) is 134 cm³/mol. The Bertz CT molecular complexity index is 1660. The van der Waals surface area contributed by atoms with E-state index in [1.807, 2.05) is 11.3 Å². The molecule has 0 saturated carbocycles. The Morgan fingerprint density at radius 3 is 2.29 bits per heavy atom. The van der Waals surface area contributed by atoms with Crippen LogP contribution >= 0.6 is 11.3 Å². The van der Waals surface area contributed by atoms with Gasteiger partial charge in [0.15, 0.2) is 0 Å². The first kappa shape index (κ1) is 17.3. The van der Waals surface area contributed by atoms with Crippen molar-refractivity contribution < 1.29 is 0 Å². The zero-order chi connectivity index (χ0) is 20.7. The third-order valence-electron chi connectivity index (χ3n) is 7.02. The molecule has 2 heterocycles. The molecule has 1 aliphatic carbocycles. The Labute approximate surface area is 185 Å². The Morgan fingerprint density at radius 1 is 0.677 bits per heavy atom. The van der Waals surface area contributed by atoms with Crippen molar-refractivity contribution in [2.45, 2.75) is 19.3 Å². The average Bonchev–Trinajstić information content (AvgIpc) is 3.40. The van der Waals surface area contributed by atoms with Gasteiger partial charge >= 0.3 is 0 Å². The van der Waals surface area contributed by atoms with E-state index >= 15 is 0 Å². The molecule has 0 N–H and O–H groups in total. The molecule has 0 bridgehead atoms. The van der Waals surface area contributed by atoms with Gasteiger partial charge in [0.25, 0.3) is 0 Å². The molecule has 4 aromatic carbocycles. The highest BCUT2D eigenvalue weighted by Gasteiger charge is 2.35. The van der Waals surface area contributed by atoms with E-state index in [1.54, 1.807) is 0 Å². The van der Waals surface area contributed by atoms with Crippen LogP contribution in [-0.4, -0.2) is 4.57 Å². The summed E-state index contributed by atoms with van der Waals surface area (Å²) in [7, 11) is 0. The van der Waals surface area contributed by atoms with Crippen LogP contribution in [0.2, 0.25) is 0 Å². The molecule has 6 aromatic rings. The molecule has 1 nitrogen and oxygen atoms in total. The molecule has 0 fully saturated rings. The monoisotopic (exact) mass is 415 g/mol. The van der Waals surface area contributed by atoms with Crippen molar-refractivity contribution in [3.8, 4) is 16.8 Å². The van der Waals surface area contributed by atoms with Crippen LogP contribution in [0.3, 0.4) is 0 Å². The summed E-state index contributed by atoms with van der Waals surface area (Å²) in [4.78, 5) is 1.33. The maximum atomic E-state index is 2.47. The Morgan fingerprint density at radius 2 is 1.39 bits per heavy atom. The fraction of sp³-hybridized carbons (Fsp3) is 0.103. The largest absolute Gasteiger partial charge is 0.301 e. The third kappa shape index (κ3) is 2.15. The molecule has 0 aliphatic heterocycles. The van der Waals surface area contributed by atoms with E-state index in [4.69, 9.17) is 0 Å². The van der Waals surface area contributed by atoms with Crippen LogP contribution in [0.4, 0.5) is 0 Å². The van der Waals surface area contributed by atoms with E-state index in [0.29, 0.717) is 0 Å². The lowest BCUT2D eigenvalue weighted by Gasteiger charge is -2.22. The minimum Gasteiger partial charge on any atom is -0.301 e. The number of thiophene rings is 1. The van der Waals surface area contributed by atoms with Crippen molar-refractivity contribution in [1.29, 1.82) is 0 Å². The summed E-state index contributed by atoms with van der Waals surface area (Å²) in [5, 5.41) is 4.06. The predicted octanol–water partition coefficient (Wildman–Crippen LogP) is 8.30. The highest BCUT2D eigenvalue weighted by molar-refractivity contribution is 7.25. The van der Waals surface area contributed by atoms with Crippen LogP contribution in [0.1, 0.15) is 25.0 Å². The number of benzene rings is 4. The van der Waals surface area contributed by atoms with Crippen LogP contribution in [-0.2, 0) is 5.41 Å². The summed E-state index contributed by atoms with van der Waals surface area (Å²) in [6.45, 7) is 4.70. The van der Waals surface area contributed by atoms with Crippen LogP contribution in [0, 0.1) is 0 Å². The molecule has 2 aromatic heterocycles. The standard InChI is InChI=1S/C29H21NS/c1-29(2)23-12-6-3-9-19(23)20-16-15-18(17-24(20)29)30-25-13-7-4-10-21(25)27-22-11-5-8-14-26(22)31-28(27)30/h3-17H,1-2H3. The van der Waals surface area contributed by atoms with Crippen molar-refractivity contribution in [1.82, 2.24) is 4.57 Å². The fourth-order valence-corrected chi connectivity index (χ4v) is 6.78. The van der Waals surface area contributed by atoms with Crippen LogP contribution in [0.25, 0.3) is 48.0 Å². The second-order valence-corrected chi connectivity index (χ2v) is 10.1. The lowest BCUT2D eigenvalue weighted by atomic mass is 9.82. The highest BCUT2D eigenvalue weighted by Crippen LogP contribution is 2.50. The SMILES string of the molecule is CC1(C)c2ccccc2-c2ccc(-n3c4ccccc4c4c5ccccc5sc43)cc21.